The summed E-state index contributed by atoms with van der Waals surface area (Å²) in [5.41, 5.74) is 4.29. The Hall–Kier alpha value is -5.25. The van der Waals surface area contributed by atoms with Crippen LogP contribution in [0.2, 0.25) is 0 Å². The Morgan fingerprint density at radius 3 is 1.78 bits per heavy atom. The summed E-state index contributed by atoms with van der Waals surface area (Å²) in [6.45, 7) is 3.59. The van der Waals surface area contributed by atoms with E-state index in [1.54, 1.807) is 30.6 Å². The van der Waals surface area contributed by atoms with Crippen LogP contribution in [0.4, 0.5) is 0 Å². The predicted octanol–water partition coefficient (Wildman–Crippen LogP) is 7.12. The number of aliphatic hydroxyl groups is 1. The number of benzene rings is 3. The second kappa shape index (κ2) is 15.3. The number of aldehydes is 1. The van der Waals surface area contributed by atoms with Gasteiger partial charge in [-0.1, -0.05) is 86.3 Å². The number of aromatic nitrogens is 2. The molecule has 9 heteroatoms. The van der Waals surface area contributed by atoms with E-state index in [4.69, 9.17) is 18.9 Å². The Morgan fingerprint density at radius 1 is 0.714 bits per heavy atom. The number of hydrogen-bond donors (Lipinski definition) is 1. The number of rotatable bonds is 6. The summed E-state index contributed by atoms with van der Waals surface area (Å²) in [5, 5.41) is 11.0. The summed E-state index contributed by atoms with van der Waals surface area (Å²) in [6.07, 6.45) is 5.39. The molecule has 0 spiro atoms. The Bertz CT molecular complexity index is 1810. The van der Waals surface area contributed by atoms with Crippen LogP contribution in [0.5, 0.6) is 23.3 Å². The Kier molecular flexibility index (Phi) is 10.5. The molecule has 0 radical (unpaired) electrons. The molecule has 5 aromatic rings. The highest BCUT2D eigenvalue weighted by Gasteiger charge is 2.33. The van der Waals surface area contributed by atoms with Crippen molar-refractivity contribution in [2.75, 3.05) is 26.3 Å². The summed E-state index contributed by atoms with van der Waals surface area (Å²) in [7, 11) is 0. The summed E-state index contributed by atoms with van der Waals surface area (Å²) in [4.78, 5) is 21.4. The van der Waals surface area contributed by atoms with Crippen LogP contribution in [0.15, 0.2) is 116 Å². The maximum Gasteiger partial charge on any atom is 0.257 e. The zero-order valence-corrected chi connectivity index (χ0v) is 26.5. The van der Waals surface area contributed by atoms with Crippen LogP contribution in [0.25, 0.3) is 0 Å². The largest absolute Gasteiger partial charge is 0.484 e. The van der Waals surface area contributed by atoms with Gasteiger partial charge in [0.25, 0.3) is 11.8 Å². The monoisotopic (exact) mass is 659 g/mol. The molecule has 1 fully saturated rings. The molecule has 0 amide bonds. The lowest BCUT2D eigenvalue weighted by molar-refractivity contribution is -0.0277. The number of nitrogens with zero attached hydrogens (tertiary/aromatic N) is 3. The van der Waals surface area contributed by atoms with Crippen LogP contribution in [-0.4, -0.2) is 52.6 Å². The summed E-state index contributed by atoms with van der Waals surface area (Å²) < 4.78 is 23.1. The molecule has 8 rings (SSSR count). The average Bonchev–Trinajstić information content (AvgIpc) is 3.16. The Morgan fingerprint density at radius 2 is 1.24 bits per heavy atom. The van der Waals surface area contributed by atoms with Crippen molar-refractivity contribution in [1.82, 2.24) is 14.9 Å². The third kappa shape index (κ3) is 7.91. The maximum absolute atomic E-state index is 11.0. The number of carbonyl (C=O) groups excluding carboxylic acids is 1. The summed E-state index contributed by atoms with van der Waals surface area (Å²) in [5.74, 6) is 2.43. The standard InChI is InChI=1S/C25H26N2O3.C14H11NO3.CH4/c28-25(21-5-2-1-3-6-21)12-15-27(16-13-25)17-19-8-10-20(11-9-19)23-18-29-22-7-4-14-26-24(22)30-23;16-8-10-3-5-11(6-4-10)13-9-17-12-2-1-7-15-14(12)18-13;/h1-11,14,23,28H,12-13,15-18H2;1-8,13H,9H2;1H4/t23-;13-;/m11./s1. The van der Waals surface area contributed by atoms with Crippen molar-refractivity contribution in [3.8, 4) is 23.3 Å². The van der Waals surface area contributed by atoms with E-state index in [0.717, 1.165) is 55.5 Å². The van der Waals surface area contributed by atoms with Crippen LogP contribution in [-0.2, 0) is 12.1 Å². The van der Waals surface area contributed by atoms with Crippen molar-refractivity contribution in [2.45, 2.75) is 44.6 Å². The van der Waals surface area contributed by atoms with Crippen LogP contribution in [0, 0.1) is 0 Å². The lowest BCUT2D eigenvalue weighted by Crippen LogP contribution is -2.42. The van der Waals surface area contributed by atoms with Crippen molar-refractivity contribution in [2.24, 2.45) is 0 Å². The first-order valence-electron chi connectivity index (χ1n) is 16.2. The van der Waals surface area contributed by atoms with E-state index in [-0.39, 0.29) is 19.6 Å². The third-order valence-electron chi connectivity index (χ3n) is 8.96. The van der Waals surface area contributed by atoms with Crippen LogP contribution >= 0.6 is 0 Å². The van der Waals surface area contributed by atoms with Gasteiger partial charge in [0.15, 0.2) is 23.7 Å². The molecule has 0 unspecified atom stereocenters. The second-order valence-corrected chi connectivity index (χ2v) is 12.1. The molecule has 3 aliphatic rings. The highest BCUT2D eigenvalue weighted by Crippen LogP contribution is 2.36. The molecule has 49 heavy (non-hydrogen) atoms. The number of carbonyl (C=O) groups is 1. The molecule has 0 bridgehead atoms. The van der Waals surface area contributed by atoms with Gasteiger partial charge in [-0.2, -0.15) is 0 Å². The molecular formula is C40H41N3O6. The molecule has 3 aromatic carbocycles. The first-order valence-corrected chi connectivity index (χ1v) is 16.2. The first kappa shape index (κ1) is 33.6. The lowest BCUT2D eigenvalue weighted by Gasteiger charge is -2.38. The van der Waals surface area contributed by atoms with E-state index in [0.29, 0.717) is 42.0 Å². The number of ether oxygens (including phenoxy) is 4. The molecule has 0 saturated carbocycles. The van der Waals surface area contributed by atoms with Crippen molar-refractivity contribution in [3.63, 3.8) is 0 Å². The lowest BCUT2D eigenvalue weighted by atomic mass is 9.84. The van der Waals surface area contributed by atoms with Gasteiger partial charge in [-0.3, -0.25) is 9.69 Å². The Labute approximate surface area is 287 Å². The van der Waals surface area contributed by atoms with E-state index in [2.05, 4.69) is 39.1 Å². The van der Waals surface area contributed by atoms with E-state index >= 15 is 0 Å². The third-order valence-corrected chi connectivity index (χ3v) is 8.96. The highest BCUT2D eigenvalue weighted by atomic mass is 16.6. The first-order chi connectivity index (χ1) is 23.6. The van der Waals surface area contributed by atoms with Gasteiger partial charge in [-0.15, -0.1) is 0 Å². The zero-order valence-electron chi connectivity index (χ0n) is 26.5. The van der Waals surface area contributed by atoms with Gasteiger partial charge in [0.05, 0.1) is 5.60 Å². The quantitative estimate of drug-likeness (QED) is 0.191. The number of piperidine rings is 1. The van der Waals surface area contributed by atoms with Gasteiger partial charge in [-0.05, 0) is 59.4 Å². The second-order valence-electron chi connectivity index (χ2n) is 12.1. The van der Waals surface area contributed by atoms with Crippen LogP contribution in [0.3, 0.4) is 0 Å². The molecular weight excluding hydrogens is 618 g/mol. The van der Waals surface area contributed by atoms with Gasteiger partial charge >= 0.3 is 0 Å². The SMILES string of the molecule is C.O=Cc1ccc([C@H]2COc3cccnc3O2)cc1.OC1(c2ccccc2)CCN(Cc2ccc([C@H]3COc4cccnc4O3)cc2)CC1. The molecule has 1 saturated heterocycles. The normalized spacial score (nSPS) is 19.0. The summed E-state index contributed by atoms with van der Waals surface area (Å²) in [6, 6.07) is 33.2. The predicted molar refractivity (Wildman–Crippen MR) is 186 cm³/mol. The maximum atomic E-state index is 11.0. The van der Waals surface area contributed by atoms with Crippen molar-refractivity contribution in [3.05, 3.63) is 143 Å². The molecule has 1 N–H and O–H groups in total. The molecule has 2 atom stereocenters. The molecule has 5 heterocycles. The number of hydrogen-bond acceptors (Lipinski definition) is 9. The zero-order chi connectivity index (χ0) is 32.8. The molecule has 0 aliphatic carbocycles. The smallest absolute Gasteiger partial charge is 0.257 e. The van der Waals surface area contributed by atoms with Crippen LogP contribution < -0.4 is 18.9 Å². The molecule has 252 valence electrons. The van der Waals surface area contributed by atoms with Gasteiger partial charge < -0.3 is 24.1 Å². The fourth-order valence-electron chi connectivity index (χ4n) is 6.15. The van der Waals surface area contributed by atoms with Gasteiger partial charge in [0.2, 0.25) is 0 Å². The molecule has 2 aromatic heterocycles. The Balaban J connectivity index is 0.000000188. The average molecular weight is 660 g/mol. The number of fused-ring (bicyclic) bond motifs is 2. The van der Waals surface area contributed by atoms with Gasteiger partial charge in [0.1, 0.15) is 19.5 Å². The van der Waals surface area contributed by atoms with Crippen molar-refractivity contribution >= 4 is 6.29 Å². The highest BCUT2D eigenvalue weighted by molar-refractivity contribution is 5.74. The van der Waals surface area contributed by atoms with Crippen LogP contribution in [0.1, 0.15) is 65.1 Å². The van der Waals surface area contributed by atoms with E-state index in [1.165, 1.54) is 5.56 Å². The van der Waals surface area contributed by atoms with E-state index in [1.807, 2.05) is 60.7 Å². The minimum absolute atomic E-state index is 0. The fourth-order valence-corrected chi connectivity index (χ4v) is 6.15. The minimum Gasteiger partial charge on any atom is -0.484 e. The van der Waals surface area contributed by atoms with E-state index in [9.17, 15) is 9.90 Å². The van der Waals surface area contributed by atoms with Crippen molar-refractivity contribution < 1.29 is 28.8 Å². The minimum atomic E-state index is -0.704. The molecule has 9 nitrogen and oxygen atoms in total. The van der Waals surface area contributed by atoms with Gasteiger partial charge in [0, 0.05) is 37.6 Å². The fraction of sp³-hybridized carbons (Fsp3) is 0.275. The summed E-state index contributed by atoms with van der Waals surface area (Å²) >= 11 is 0. The number of likely N-dealkylation sites (tertiary alicyclic amines) is 1. The van der Waals surface area contributed by atoms with Gasteiger partial charge in [-0.25, -0.2) is 9.97 Å². The van der Waals surface area contributed by atoms with Crippen molar-refractivity contribution in [1.29, 1.82) is 0 Å². The molecule has 3 aliphatic heterocycles. The van der Waals surface area contributed by atoms with E-state index < -0.39 is 5.60 Å². The number of pyridine rings is 2. The topological polar surface area (TPSA) is 103 Å².